The molecule has 1 N–H and O–H groups in total. The summed E-state index contributed by atoms with van der Waals surface area (Å²) in [6.07, 6.45) is 3.90. The molecular weight excluding hydrogens is 262 g/mol. The van der Waals surface area contributed by atoms with E-state index in [0.717, 1.165) is 30.9 Å². The molecule has 0 saturated heterocycles. The van der Waals surface area contributed by atoms with Crippen LogP contribution >= 0.6 is 0 Å². The molecule has 1 heterocycles. The molecule has 114 valence electrons. The monoisotopic (exact) mass is 287 g/mol. The van der Waals surface area contributed by atoms with Gasteiger partial charge >= 0.3 is 0 Å². The maximum atomic E-state index is 6.00. The zero-order valence-electron chi connectivity index (χ0n) is 13.4. The van der Waals surface area contributed by atoms with Crippen LogP contribution in [-0.4, -0.2) is 16.3 Å². The summed E-state index contributed by atoms with van der Waals surface area (Å²) in [5.41, 5.74) is 4.78. The summed E-state index contributed by atoms with van der Waals surface area (Å²) in [6, 6.07) is 4.39. The highest BCUT2D eigenvalue weighted by molar-refractivity contribution is 5.43. The Morgan fingerprint density at radius 2 is 1.86 bits per heavy atom. The highest BCUT2D eigenvalue weighted by atomic mass is 16.5. The summed E-state index contributed by atoms with van der Waals surface area (Å²) >= 11 is 0. The van der Waals surface area contributed by atoms with E-state index in [9.17, 15) is 0 Å². The predicted octanol–water partition coefficient (Wildman–Crippen LogP) is 3.21. The molecule has 4 heteroatoms. The van der Waals surface area contributed by atoms with Crippen molar-refractivity contribution >= 4 is 0 Å². The fourth-order valence-electron chi connectivity index (χ4n) is 2.45. The summed E-state index contributed by atoms with van der Waals surface area (Å²) in [7, 11) is 0. The molecule has 0 atom stereocenters. The summed E-state index contributed by atoms with van der Waals surface area (Å²) in [5, 5.41) is 7.62. The van der Waals surface area contributed by atoms with Crippen LogP contribution in [0.25, 0.3) is 0 Å². The molecule has 0 radical (unpaired) electrons. The summed E-state index contributed by atoms with van der Waals surface area (Å²) in [6.45, 7) is 11.7. The third-order valence-corrected chi connectivity index (χ3v) is 3.49. The van der Waals surface area contributed by atoms with Crippen LogP contribution in [0.4, 0.5) is 0 Å². The van der Waals surface area contributed by atoms with E-state index in [1.807, 2.05) is 17.1 Å². The number of hydrogen-bond donors (Lipinski definition) is 1. The maximum Gasteiger partial charge on any atom is 0.125 e. The molecule has 0 fully saturated rings. The van der Waals surface area contributed by atoms with E-state index in [2.05, 4.69) is 50.2 Å². The highest BCUT2D eigenvalue weighted by Crippen LogP contribution is 2.25. The molecule has 1 aromatic carbocycles. The van der Waals surface area contributed by atoms with Gasteiger partial charge in [0.05, 0.1) is 6.20 Å². The Morgan fingerprint density at radius 1 is 1.14 bits per heavy atom. The second-order valence-electron chi connectivity index (χ2n) is 5.33. The van der Waals surface area contributed by atoms with Crippen molar-refractivity contribution in [2.75, 3.05) is 6.54 Å². The Morgan fingerprint density at radius 3 is 2.43 bits per heavy atom. The zero-order chi connectivity index (χ0) is 15.2. The van der Waals surface area contributed by atoms with Gasteiger partial charge in [0.15, 0.2) is 0 Å². The lowest BCUT2D eigenvalue weighted by molar-refractivity contribution is 0.301. The van der Waals surface area contributed by atoms with Gasteiger partial charge in [-0.15, -0.1) is 0 Å². The first-order chi connectivity index (χ1) is 10.1. The lowest BCUT2D eigenvalue weighted by Gasteiger charge is -2.14. The Hall–Kier alpha value is -1.81. The van der Waals surface area contributed by atoms with Crippen LogP contribution in [0.1, 0.15) is 36.1 Å². The van der Waals surface area contributed by atoms with Crippen LogP contribution in [0.2, 0.25) is 0 Å². The van der Waals surface area contributed by atoms with E-state index in [-0.39, 0.29) is 0 Å². The van der Waals surface area contributed by atoms with Crippen molar-refractivity contribution in [1.82, 2.24) is 15.1 Å². The lowest BCUT2D eigenvalue weighted by Crippen LogP contribution is -2.12. The van der Waals surface area contributed by atoms with Crippen LogP contribution in [0, 0.1) is 13.8 Å². The second-order valence-corrected chi connectivity index (χ2v) is 5.33. The van der Waals surface area contributed by atoms with E-state index in [4.69, 9.17) is 4.74 Å². The lowest BCUT2D eigenvalue weighted by atomic mass is 10.1. The molecule has 0 spiro atoms. The molecule has 2 rings (SSSR count). The average Bonchev–Trinajstić information content (AvgIpc) is 2.92. The number of ether oxygens (including phenoxy) is 1. The van der Waals surface area contributed by atoms with Gasteiger partial charge in [-0.1, -0.05) is 19.1 Å². The topological polar surface area (TPSA) is 39.1 Å². The molecule has 4 nitrogen and oxygen atoms in total. The molecule has 0 saturated carbocycles. The van der Waals surface area contributed by atoms with Gasteiger partial charge in [0.25, 0.3) is 0 Å². The molecule has 0 unspecified atom stereocenters. The van der Waals surface area contributed by atoms with Crippen molar-refractivity contribution in [2.24, 2.45) is 0 Å². The molecule has 0 bridgehead atoms. The number of aromatic nitrogens is 2. The minimum Gasteiger partial charge on any atom is -0.488 e. The fourth-order valence-corrected chi connectivity index (χ4v) is 2.45. The van der Waals surface area contributed by atoms with Crippen LogP contribution < -0.4 is 10.1 Å². The molecule has 21 heavy (non-hydrogen) atoms. The number of benzene rings is 1. The Kier molecular flexibility index (Phi) is 5.39. The first kappa shape index (κ1) is 15.6. The summed E-state index contributed by atoms with van der Waals surface area (Å²) < 4.78 is 7.91. The van der Waals surface area contributed by atoms with Crippen molar-refractivity contribution in [1.29, 1.82) is 0 Å². The minimum atomic E-state index is 0.564. The van der Waals surface area contributed by atoms with E-state index in [1.165, 1.54) is 16.7 Å². The first-order valence-corrected chi connectivity index (χ1v) is 7.59. The van der Waals surface area contributed by atoms with Gasteiger partial charge < -0.3 is 10.1 Å². The Bertz CT molecular complexity index is 566. The average molecular weight is 287 g/mol. The van der Waals surface area contributed by atoms with Gasteiger partial charge in [-0.3, -0.25) is 4.68 Å². The highest BCUT2D eigenvalue weighted by Gasteiger charge is 2.07. The van der Waals surface area contributed by atoms with Gasteiger partial charge in [0, 0.05) is 24.8 Å². The summed E-state index contributed by atoms with van der Waals surface area (Å²) in [5.74, 6) is 0.986. The van der Waals surface area contributed by atoms with Crippen molar-refractivity contribution in [2.45, 2.75) is 47.4 Å². The van der Waals surface area contributed by atoms with Crippen molar-refractivity contribution < 1.29 is 4.74 Å². The summed E-state index contributed by atoms with van der Waals surface area (Å²) in [4.78, 5) is 0. The van der Waals surface area contributed by atoms with Crippen molar-refractivity contribution in [3.8, 4) is 5.75 Å². The second kappa shape index (κ2) is 7.27. The maximum absolute atomic E-state index is 6.00. The Labute approximate surface area is 127 Å². The smallest absolute Gasteiger partial charge is 0.125 e. The predicted molar refractivity (Wildman–Crippen MR) is 85.5 cm³/mol. The van der Waals surface area contributed by atoms with Gasteiger partial charge in [-0.2, -0.15) is 5.10 Å². The van der Waals surface area contributed by atoms with Crippen molar-refractivity contribution in [3.05, 3.63) is 46.8 Å². The van der Waals surface area contributed by atoms with Crippen LogP contribution in [0.3, 0.4) is 0 Å². The SMILES string of the molecule is CCNCc1cc(C)c(OCc2cnn(CC)c2)c(C)c1. The third-order valence-electron chi connectivity index (χ3n) is 3.49. The van der Waals surface area contributed by atoms with Gasteiger partial charge in [-0.25, -0.2) is 0 Å². The molecule has 0 amide bonds. The zero-order valence-corrected chi connectivity index (χ0v) is 13.4. The number of nitrogens with one attached hydrogen (secondary N) is 1. The first-order valence-electron chi connectivity index (χ1n) is 7.59. The van der Waals surface area contributed by atoms with E-state index < -0.39 is 0 Å². The third kappa shape index (κ3) is 4.08. The normalized spacial score (nSPS) is 10.9. The van der Waals surface area contributed by atoms with Gasteiger partial charge in [-0.05, 0) is 44.0 Å². The molecule has 2 aromatic rings. The molecule has 0 aliphatic carbocycles. The van der Waals surface area contributed by atoms with Crippen LogP contribution in [0.5, 0.6) is 5.75 Å². The van der Waals surface area contributed by atoms with E-state index >= 15 is 0 Å². The minimum absolute atomic E-state index is 0.564. The Balaban J connectivity index is 2.05. The van der Waals surface area contributed by atoms with Gasteiger partial charge in [0.1, 0.15) is 12.4 Å². The van der Waals surface area contributed by atoms with Crippen LogP contribution in [0.15, 0.2) is 24.5 Å². The quantitative estimate of drug-likeness (QED) is 0.850. The van der Waals surface area contributed by atoms with E-state index in [0.29, 0.717) is 6.61 Å². The fraction of sp³-hybridized carbons (Fsp3) is 0.471. The molecule has 0 aliphatic rings. The molecule has 1 aromatic heterocycles. The number of rotatable bonds is 7. The van der Waals surface area contributed by atoms with E-state index in [1.54, 1.807) is 0 Å². The van der Waals surface area contributed by atoms with Crippen LogP contribution in [-0.2, 0) is 19.7 Å². The largest absolute Gasteiger partial charge is 0.488 e. The standard InChI is InChI=1S/C17H25N3O/c1-5-18-9-15-7-13(3)17(14(4)8-15)21-12-16-10-19-20(6-2)11-16/h7-8,10-11,18H,5-6,9,12H2,1-4H3. The van der Waals surface area contributed by atoms with Gasteiger partial charge in [0.2, 0.25) is 0 Å². The molecule has 0 aliphatic heterocycles. The molecular formula is C17H25N3O. The number of hydrogen-bond acceptors (Lipinski definition) is 3. The number of aryl methyl sites for hydroxylation is 3. The van der Waals surface area contributed by atoms with Crippen molar-refractivity contribution in [3.63, 3.8) is 0 Å². The number of nitrogens with zero attached hydrogens (tertiary/aromatic N) is 2.